The number of benzene rings is 2. The third-order valence-corrected chi connectivity index (χ3v) is 5.71. The zero-order chi connectivity index (χ0) is 18.5. The van der Waals surface area contributed by atoms with Crippen LogP contribution < -0.4 is 10.2 Å². The zero-order valence-corrected chi connectivity index (χ0v) is 16.7. The number of piperazine rings is 1. The second-order valence-electron chi connectivity index (χ2n) is 6.60. The van der Waals surface area contributed by atoms with E-state index in [0.29, 0.717) is 10.8 Å². The number of carbonyl (C=O) groups excluding carboxylic acids is 1. The summed E-state index contributed by atoms with van der Waals surface area (Å²) in [6.07, 6.45) is 0. The highest BCUT2D eigenvalue weighted by atomic mass is 35.5. The zero-order valence-electron chi connectivity index (χ0n) is 15.2. The summed E-state index contributed by atoms with van der Waals surface area (Å²) in [7, 11) is 2.13. The van der Waals surface area contributed by atoms with Crippen molar-refractivity contribution in [3.8, 4) is 0 Å². The molecule has 0 bridgehead atoms. The lowest BCUT2D eigenvalue weighted by Crippen LogP contribution is -2.44. The number of carbonyl (C=O) groups is 1. The lowest BCUT2D eigenvalue weighted by molar-refractivity contribution is -0.113. The minimum atomic E-state index is -0.0202. The van der Waals surface area contributed by atoms with Crippen molar-refractivity contribution < 1.29 is 4.79 Å². The van der Waals surface area contributed by atoms with E-state index in [4.69, 9.17) is 11.6 Å². The molecule has 3 rings (SSSR count). The van der Waals surface area contributed by atoms with E-state index in [1.807, 2.05) is 30.3 Å². The molecule has 1 fully saturated rings. The second kappa shape index (κ2) is 8.80. The van der Waals surface area contributed by atoms with Gasteiger partial charge in [0.15, 0.2) is 0 Å². The molecule has 1 N–H and O–H groups in total. The molecule has 26 heavy (non-hydrogen) atoms. The van der Waals surface area contributed by atoms with Crippen LogP contribution in [0.4, 0.5) is 11.4 Å². The Morgan fingerprint density at radius 1 is 1.12 bits per heavy atom. The highest BCUT2D eigenvalue weighted by Gasteiger charge is 2.18. The fraction of sp³-hybridized carbons (Fsp3) is 0.350. The molecule has 0 atom stereocenters. The predicted octanol–water partition coefficient (Wildman–Crippen LogP) is 4.13. The quantitative estimate of drug-likeness (QED) is 0.780. The molecule has 0 aliphatic carbocycles. The molecule has 0 spiro atoms. The van der Waals surface area contributed by atoms with E-state index in [-0.39, 0.29) is 5.91 Å². The average Bonchev–Trinajstić information content (AvgIpc) is 2.62. The van der Waals surface area contributed by atoms with Gasteiger partial charge in [0.25, 0.3) is 0 Å². The van der Waals surface area contributed by atoms with E-state index in [9.17, 15) is 4.79 Å². The minimum Gasteiger partial charge on any atom is -0.367 e. The van der Waals surface area contributed by atoms with Crippen molar-refractivity contribution in [2.75, 3.05) is 49.2 Å². The van der Waals surface area contributed by atoms with Crippen LogP contribution in [0.5, 0.6) is 0 Å². The number of amides is 1. The fourth-order valence-corrected chi connectivity index (χ4v) is 3.77. The Bertz CT molecular complexity index is 758. The molecule has 0 saturated carbocycles. The normalized spacial score (nSPS) is 15.1. The predicted molar refractivity (Wildman–Crippen MR) is 112 cm³/mol. The Balaban J connectivity index is 1.65. The molecule has 2 aromatic carbocycles. The van der Waals surface area contributed by atoms with Gasteiger partial charge < -0.3 is 15.1 Å². The number of nitrogens with one attached hydrogen (secondary N) is 1. The van der Waals surface area contributed by atoms with Gasteiger partial charge in [-0.05, 0) is 44.3 Å². The molecule has 1 heterocycles. The Hall–Kier alpha value is -1.69. The van der Waals surface area contributed by atoms with Crippen LogP contribution in [0.2, 0.25) is 5.02 Å². The molecule has 1 aliphatic heterocycles. The van der Waals surface area contributed by atoms with Crippen molar-refractivity contribution in [3.63, 3.8) is 0 Å². The molecular formula is C20H24ClN3OS. The fourth-order valence-electron chi connectivity index (χ4n) is 2.90. The number of halogens is 1. The van der Waals surface area contributed by atoms with Gasteiger partial charge in [-0.25, -0.2) is 0 Å². The van der Waals surface area contributed by atoms with Gasteiger partial charge in [0.2, 0.25) is 5.91 Å². The number of nitrogens with zero attached hydrogens (tertiary/aromatic N) is 2. The van der Waals surface area contributed by atoms with Crippen LogP contribution in [0.3, 0.4) is 0 Å². The maximum absolute atomic E-state index is 12.4. The highest BCUT2D eigenvalue weighted by Crippen LogP contribution is 2.30. The van der Waals surface area contributed by atoms with Crippen LogP contribution in [-0.2, 0) is 4.79 Å². The van der Waals surface area contributed by atoms with Gasteiger partial charge in [0.1, 0.15) is 0 Å². The molecule has 6 heteroatoms. The SMILES string of the molecule is Cc1ccc(SCC(=O)Nc2cc(Cl)ccc2N2CCN(C)CC2)cc1. The maximum atomic E-state index is 12.4. The molecule has 138 valence electrons. The first-order chi connectivity index (χ1) is 12.5. The molecule has 1 amide bonds. The van der Waals surface area contributed by atoms with Gasteiger partial charge in [-0.1, -0.05) is 29.3 Å². The summed E-state index contributed by atoms with van der Waals surface area (Å²) in [5, 5.41) is 3.67. The Morgan fingerprint density at radius 3 is 2.50 bits per heavy atom. The van der Waals surface area contributed by atoms with E-state index in [0.717, 1.165) is 42.4 Å². The van der Waals surface area contributed by atoms with Crippen molar-refractivity contribution in [2.24, 2.45) is 0 Å². The highest BCUT2D eigenvalue weighted by molar-refractivity contribution is 8.00. The number of likely N-dealkylation sites (N-methyl/N-ethyl adjacent to an activating group) is 1. The van der Waals surface area contributed by atoms with E-state index in [2.05, 4.69) is 41.2 Å². The van der Waals surface area contributed by atoms with Gasteiger partial charge >= 0.3 is 0 Å². The number of aryl methyl sites for hydroxylation is 1. The van der Waals surface area contributed by atoms with E-state index in [1.165, 1.54) is 17.3 Å². The first kappa shape index (κ1) is 19.1. The van der Waals surface area contributed by atoms with Crippen LogP contribution in [0, 0.1) is 6.92 Å². The number of anilines is 2. The average molecular weight is 390 g/mol. The van der Waals surface area contributed by atoms with Gasteiger partial charge in [0.05, 0.1) is 17.1 Å². The number of thioether (sulfide) groups is 1. The summed E-state index contributed by atoms with van der Waals surface area (Å²) in [6, 6.07) is 13.9. The number of rotatable bonds is 5. The van der Waals surface area contributed by atoms with Crippen molar-refractivity contribution in [3.05, 3.63) is 53.1 Å². The van der Waals surface area contributed by atoms with Crippen molar-refractivity contribution >= 4 is 40.6 Å². The van der Waals surface area contributed by atoms with Gasteiger partial charge in [-0.15, -0.1) is 11.8 Å². The smallest absolute Gasteiger partial charge is 0.234 e. The molecule has 0 unspecified atom stereocenters. The van der Waals surface area contributed by atoms with E-state index >= 15 is 0 Å². The van der Waals surface area contributed by atoms with Crippen LogP contribution in [0.25, 0.3) is 0 Å². The van der Waals surface area contributed by atoms with E-state index < -0.39 is 0 Å². The summed E-state index contributed by atoms with van der Waals surface area (Å²) >= 11 is 7.70. The third-order valence-electron chi connectivity index (χ3n) is 4.47. The van der Waals surface area contributed by atoms with Crippen molar-refractivity contribution in [1.82, 2.24) is 4.90 Å². The lowest BCUT2D eigenvalue weighted by Gasteiger charge is -2.35. The van der Waals surface area contributed by atoms with E-state index in [1.54, 1.807) is 0 Å². The first-order valence-electron chi connectivity index (χ1n) is 8.73. The Labute approximate surface area is 164 Å². The van der Waals surface area contributed by atoms with Crippen LogP contribution in [0.15, 0.2) is 47.4 Å². The van der Waals surface area contributed by atoms with Crippen molar-refractivity contribution in [2.45, 2.75) is 11.8 Å². The Morgan fingerprint density at radius 2 is 1.81 bits per heavy atom. The molecule has 1 saturated heterocycles. The van der Waals surface area contributed by atoms with Gasteiger partial charge in [-0.3, -0.25) is 4.79 Å². The van der Waals surface area contributed by atoms with Crippen molar-refractivity contribution in [1.29, 1.82) is 0 Å². The lowest BCUT2D eigenvalue weighted by atomic mass is 10.2. The number of hydrogen-bond acceptors (Lipinski definition) is 4. The molecule has 2 aromatic rings. The summed E-state index contributed by atoms with van der Waals surface area (Å²) < 4.78 is 0. The molecule has 4 nitrogen and oxygen atoms in total. The standard InChI is InChI=1S/C20H24ClN3OS/c1-15-3-6-17(7-4-15)26-14-20(25)22-18-13-16(21)5-8-19(18)24-11-9-23(2)10-12-24/h3-8,13H,9-12,14H2,1-2H3,(H,22,25). The minimum absolute atomic E-state index is 0.0202. The Kier molecular flexibility index (Phi) is 6.46. The maximum Gasteiger partial charge on any atom is 0.234 e. The van der Waals surface area contributed by atoms with Crippen LogP contribution >= 0.6 is 23.4 Å². The molecule has 1 aliphatic rings. The van der Waals surface area contributed by atoms with Gasteiger partial charge in [-0.2, -0.15) is 0 Å². The first-order valence-corrected chi connectivity index (χ1v) is 10.1. The third kappa shape index (κ3) is 5.16. The summed E-state index contributed by atoms with van der Waals surface area (Å²) in [5.74, 6) is 0.353. The second-order valence-corrected chi connectivity index (χ2v) is 8.09. The largest absolute Gasteiger partial charge is 0.367 e. The van der Waals surface area contributed by atoms with Gasteiger partial charge in [0, 0.05) is 36.1 Å². The molecule has 0 aromatic heterocycles. The molecular weight excluding hydrogens is 366 g/mol. The summed E-state index contributed by atoms with van der Waals surface area (Å²) in [5.41, 5.74) is 3.04. The number of hydrogen-bond donors (Lipinski definition) is 1. The van der Waals surface area contributed by atoms with Crippen LogP contribution in [-0.4, -0.2) is 49.8 Å². The summed E-state index contributed by atoms with van der Waals surface area (Å²) in [6.45, 7) is 5.97. The summed E-state index contributed by atoms with van der Waals surface area (Å²) in [4.78, 5) is 18.2. The monoisotopic (exact) mass is 389 g/mol. The van der Waals surface area contributed by atoms with Crippen LogP contribution in [0.1, 0.15) is 5.56 Å². The topological polar surface area (TPSA) is 35.6 Å². The molecule has 0 radical (unpaired) electrons.